The topological polar surface area (TPSA) is 66.5 Å². The lowest BCUT2D eigenvalue weighted by atomic mass is 9.82. The molecular weight excluding hydrogens is 324 g/mol. The Bertz CT molecular complexity index is 631. The van der Waals surface area contributed by atoms with Crippen LogP contribution in [0, 0.1) is 11.8 Å². The van der Waals surface area contributed by atoms with Gasteiger partial charge >= 0.3 is 0 Å². The van der Waals surface area contributed by atoms with Crippen LogP contribution in [0.25, 0.3) is 0 Å². The summed E-state index contributed by atoms with van der Waals surface area (Å²) in [6.45, 7) is 5.79. The number of piperidine rings is 1. The standard InChI is InChI=1S/C18H28N2O3S/c1-3-11-19-18(21)13-16-10-12-20(14-15(16)4-2)24(22,23)17-8-6-5-7-9-17/h5-9,15-16H,3-4,10-14H2,1-2H3,(H,19,21)/t15-,16+/m0/s1. The van der Waals surface area contributed by atoms with Gasteiger partial charge in [-0.2, -0.15) is 4.31 Å². The minimum absolute atomic E-state index is 0.0830. The van der Waals surface area contributed by atoms with Gasteiger partial charge in [0.1, 0.15) is 0 Å². The van der Waals surface area contributed by atoms with E-state index in [-0.39, 0.29) is 17.7 Å². The van der Waals surface area contributed by atoms with Crippen LogP contribution < -0.4 is 5.32 Å². The normalized spacial score (nSPS) is 22.2. The second-order valence-electron chi connectivity index (χ2n) is 6.45. The molecule has 1 amide bonds. The first kappa shape index (κ1) is 18.9. The number of rotatable bonds is 7. The summed E-state index contributed by atoms with van der Waals surface area (Å²) in [4.78, 5) is 12.3. The monoisotopic (exact) mass is 352 g/mol. The summed E-state index contributed by atoms with van der Waals surface area (Å²) in [6, 6.07) is 8.58. The Morgan fingerprint density at radius 1 is 1.21 bits per heavy atom. The number of benzene rings is 1. The molecule has 2 rings (SSSR count). The third-order valence-corrected chi connectivity index (χ3v) is 6.66. The zero-order chi connectivity index (χ0) is 17.6. The van der Waals surface area contributed by atoms with Gasteiger partial charge in [-0.1, -0.05) is 38.5 Å². The van der Waals surface area contributed by atoms with E-state index < -0.39 is 10.0 Å². The third-order valence-electron chi connectivity index (χ3n) is 4.78. The van der Waals surface area contributed by atoms with Crippen molar-refractivity contribution >= 4 is 15.9 Å². The molecular formula is C18H28N2O3S. The number of sulfonamides is 1. The molecule has 1 aliphatic rings. The van der Waals surface area contributed by atoms with Gasteiger partial charge in [0.25, 0.3) is 0 Å². The first-order valence-corrected chi connectivity index (χ1v) is 10.2. The van der Waals surface area contributed by atoms with Crippen LogP contribution >= 0.6 is 0 Å². The maximum Gasteiger partial charge on any atom is 0.243 e. The minimum atomic E-state index is -3.44. The maximum atomic E-state index is 12.8. The van der Waals surface area contributed by atoms with Gasteiger partial charge in [0.05, 0.1) is 4.90 Å². The largest absolute Gasteiger partial charge is 0.356 e. The second-order valence-corrected chi connectivity index (χ2v) is 8.39. The van der Waals surface area contributed by atoms with Crippen LogP contribution in [0.5, 0.6) is 0 Å². The molecule has 0 unspecified atom stereocenters. The Kier molecular flexibility index (Phi) is 6.80. The summed E-state index contributed by atoms with van der Waals surface area (Å²) < 4.78 is 27.1. The molecule has 1 aromatic carbocycles. The van der Waals surface area contributed by atoms with Crippen LogP contribution in [0.4, 0.5) is 0 Å². The summed E-state index contributed by atoms with van der Waals surface area (Å²) in [5.74, 6) is 0.568. The predicted octanol–water partition coefficient (Wildman–Crippen LogP) is 2.64. The number of nitrogens with one attached hydrogen (secondary N) is 1. The molecule has 1 aromatic rings. The number of amides is 1. The molecule has 0 aromatic heterocycles. The number of carbonyl (C=O) groups excluding carboxylic acids is 1. The van der Waals surface area contributed by atoms with E-state index in [0.717, 1.165) is 19.3 Å². The Morgan fingerprint density at radius 2 is 1.92 bits per heavy atom. The summed E-state index contributed by atoms with van der Waals surface area (Å²) in [7, 11) is -3.44. The molecule has 1 saturated heterocycles. The summed E-state index contributed by atoms with van der Waals surface area (Å²) >= 11 is 0. The molecule has 0 radical (unpaired) electrons. The molecule has 0 saturated carbocycles. The highest BCUT2D eigenvalue weighted by Crippen LogP contribution is 2.31. The van der Waals surface area contributed by atoms with Gasteiger partial charge in [0.2, 0.25) is 15.9 Å². The van der Waals surface area contributed by atoms with Crippen molar-refractivity contribution in [3.63, 3.8) is 0 Å². The molecule has 1 aliphatic heterocycles. The smallest absolute Gasteiger partial charge is 0.243 e. The summed E-state index contributed by atoms with van der Waals surface area (Å²) in [5.41, 5.74) is 0. The number of hydrogen-bond acceptors (Lipinski definition) is 3. The van der Waals surface area contributed by atoms with Crippen LogP contribution in [-0.2, 0) is 14.8 Å². The average Bonchev–Trinajstić information content (AvgIpc) is 2.60. The molecule has 134 valence electrons. The first-order chi connectivity index (χ1) is 11.5. The van der Waals surface area contributed by atoms with Gasteiger partial charge in [-0.05, 0) is 36.8 Å². The van der Waals surface area contributed by atoms with Gasteiger partial charge in [-0.25, -0.2) is 8.42 Å². The van der Waals surface area contributed by atoms with Gasteiger partial charge in [0, 0.05) is 26.1 Å². The molecule has 1 N–H and O–H groups in total. The second kappa shape index (κ2) is 8.62. The highest BCUT2D eigenvalue weighted by atomic mass is 32.2. The van der Waals surface area contributed by atoms with E-state index in [0.29, 0.717) is 31.0 Å². The van der Waals surface area contributed by atoms with Gasteiger partial charge in [-0.15, -0.1) is 0 Å². The fraction of sp³-hybridized carbons (Fsp3) is 0.611. The van der Waals surface area contributed by atoms with Crippen LogP contribution in [-0.4, -0.2) is 38.3 Å². The fourth-order valence-corrected chi connectivity index (χ4v) is 4.85. The molecule has 6 heteroatoms. The minimum Gasteiger partial charge on any atom is -0.356 e. The maximum absolute atomic E-state index is 12.8. The lowest BCUT2D eigenvalue weighted by Gasteiger charge is -2.37. The van der Waals surface area contributed by atoms with E-state index in [1.165, 1.54) is 0 Å². The van der Waals surface area contributed by atoms with Crippen molar-refractivity contribution in [2.75, 3.05) is 19.6 Å². The molecule has 0 spiro atoms. The molecule has 0 aliphatic carbocycles. The molecule has 1 fully saturated rings. The van der Waals surface area contributed by atoms with Gasteiger partial charge < -0.3 is 5.32 Å². The Morgan fingerprint density at radius 3 is 2.54 bits per heavy atom. The van der Waals surface area contributed by atoms with Crippen molar-refractivity contribution < 1.29 is 13.2 Å². The molecule has 1 heterocycles. The molecule has 0 bridgehead atoms. The highest BCUT2D eigenvalue weighted by molar-refractivity contribution is 7.89. The third kappa shape index (κ3) is 4.57. The van der Waals surface area contributed by atoms with Crippen molar-refractivity contribution in [3.05, 3.63) is 30.3 Å². The van der Waals surface area contributed by atoms with E-state index in [2.05, 4.69) is 12.2 Å². The molecule has 24 heavy (non-hydrogen) atoms. The van der Waals surface area contributed by atoms with E-state index in [4.69, 9.17) is 0 Å². The first-order valence-electron chi connectivity index (χ1n) is 8.80. The average molecular weight is 353 g/mol. The van der Waals surface area contributed by atoms with Crippen molar-refractivity contribution in [2.24, 2.45) is 11.8 Å². The lowest BCUT2D eigenvalue weighted by molar-refractivity contribution is -0.122. The van der Waals surface area contributed by atoms with Crippen LogP contribution in [0.1, 0.15) is 39.5 Å². The van der Waals surface area contributed by atoms with E-state index >= 15 is 0 Å². The predicted molar refractivity (Wildman–Crippen MR) is 95.0 cm³/mol. The number of hydrogen-bond donors (Lipinski definition) is 1. The van der Waals surface area contributed by atoms with Crippen LogP contribution in [0.3, 0.4) is 0 Å². The SMILES string of the molecule is CCCNC(=O)C[C@H]1CCN(S(=O)(=O)c2ccccc2)C[C@@H]1CC. The van der Waals surface area contributed by atoms with Crippen molar-refractivity contribution in [2.45, 2.75) is 44.4 Å². The van der Waals surface area contributed by atoms with E-state index in [9.17, 15) is 13.2 Å². The van der Waals surface area contributed by atoms with E-state index in [1.54, 1.807) is 28.6 Å². The van der Waals surface area contributed by atoms with Crippen molar-refractivity contribution in [1.82, 2.24) is 9.62 Å². The Labute approximate surface area is 145 Å². The van der Waals surface area contributed by atoms with Gasteiger partial charge in [0.15, 0.2) is 0 Å². The van der Waals surface area contributed by atoms with Crippen molar-refractivity contribution in [3.8, 4) is 0 Å². The van der Waals surface area contributed by atoms with Crippen LogP contribution in [0.15, 0.2) is 35.2 Å². The Balaban J connectivity index is 2.03. The summed E-state index contributed by atoms with van der Waals surface area (Å²) in [6.07, 6.45) is 3.05. The summed E-state index contributed by atoms with van der Waals surface area (Å²) in [5, 5.41) is 2.92. The molecule has 2 atom stereocenters. The van der Waals surface area contributed by atoms with E-state index in [1.807, 2.05) is 13.0 Å². The Hall–Kier alpha value is -1.40. The lowest BCUT2D eigenvalue weighted by Crippen LogP contribution is -2.44. The number of nitrogens with zero attached hydrogens (tertiary/aromatic N) is 1. The molecule has 5 nitrogen and oxygen atoms in total. The number of carbonyl (C=O) groups is 1. The van der Waals surface area contributed by atoms with Crippen molar-refractivity contribution in [1.29, 1.82) is 0 Å². The fourth-order valence-electron chi connectivity index (χ4n) is 3.31. The van der Waals surface area contributed by atoms with Gasteiger partial charge in [-0.3, -0.25) is 4.79 Å². The zero-order valence-electron chi connectivity index (χ0n) is 14.6. The quantitative estimate of drug-likeness (QED) is 0.820. The highest BCUT2D eigenvalue weighted by Gasteiger charge is 2.35. The zero-order valence-corrected chi connectivity index (χ0v) is 15.4. The van der Waals surface area contributed by atoms with Crippen LogP contribution in [0.2, 0.25) is 0 Å².